The Kier molecular flexibility index (Phi) is 5.22. The van der Waals surface area contributed by atoms with Gasteiger partial charge < -0.3 is 9.73 Å². The number of aryl methyl sites for hydroxylation is 1. The van der Waals surface area contributed by atoms with E-state index in [4.69, 9.17) is 4.42 Å². The maximum atomic E-state index is 12.3. The fourth-order valence-electron chi connectivity index (χ4n) is 1.78. The van der Waals surface area contributed by atoms with E-state index in [2.05, 4.69) is 5.32 Å². The van der Waals surface area contributed by atoms with Gasteiger partial charge in [0, 0.05) is 12.1 Å². The summed E-state index contributed by atoms with van der Waals surface area (Å²) >= 11 is 0. The molecule has 3 nitrogen and oxygen atoms in total. The van der Waals surface area contributed by atoms with Crippen molar-refractivity contribution in [3.05, 3.63) is 23.2 Å². The smallest absolute Gasteiger partial charge is 0.401 e. The molecule has 0 spiro atoms. The fourth-order valence-corrected chi connectivity index (χ4v) is 1.78. The van der Waals surface area contributed by atoms with Gasteiger partial charge in [0.25, 0.3) is 0 Å². The van der Waals surface area contributed by atoms with Crippen molar-refractivity contribution in [2.75, 3.05) is 20.1 Å². The molecule has 1 rings (SSSR count). The van der Waals surface area contributed by atoms with E-state index in [0.717, 1.165) is 11.3 Å². The molecule has 0 aliphatic carbocycles. The fraction of sp³-hybridized carbons (Fsp3) is 0.667. The van der Waals surface area contributed by atoms with Crippen molar-refractivity contribution in [1.82, 2.24) is 10.2 Å². The minimum atomic E-state index is -4.17. The molecule has 1 aromatic heterocycles. The van der Waals surface area contributed by atoms with Crippen LogP contribution in [0.1, 0.15) is 24.0 Å². The molecule has 0 unspecified atom stereocenters. The molecule has 0 aliphatic rings. The average Bonchev–Trinajstić information content (AvgIpc) is 2.57. The van der Waals surface area contributed by atoms with Crippen LogP contribution in [-0.4, -0.2) is 31.2 Å². The van der Waals surface area contributed by atoms with E-state index in [1.807, 2.05) is 6.07 Å². The molecule has 18 heavy (non-hydrogen) atoms. The molecule has 0 saturated heterocycles. The van der Waals surface area contributed by atoms with Gasteiger partial charge in [0.15, 0.2) is 0 Å². The lowest BCUT2D eigenvalue weighted by molar-refractivity contribution is -0.146. The molecule has 0 saturated carbocycles. The lowest BCUT2D eigenvalue weighted by atomic mass is 10.2. The van der Waals surface area contributed by atoms with E-state index in [-0.39, 0.29) is 6.54 Å². The maximum absolute atomic E-state index is 12.3. The van der Waals surface area contributed by atoms with Crippen LogP contribution in [0.5, 0.6) is 0 Å². The van der Waals surface area contributed by atoms with Crippen molar-refractivity contribution in [3.63, 3.8) is 0 Å². The first-order chi connectivity index (χ1) is 8.35. The Labute approximate surface area is 105 Å². The van der Waals surface area contributed by atoms with Crippen molar-refractivity contribution in [1.29, 1.82) is 0 Å². The Morgan fingerprint density at radius 1 is 1.39 bits per heavy atom. The molecule has 0 fully saturated rings. The maximum Gasteiger partial charge on any atom is 0.401 e. The van der Waals surface area contributed by atoms with E-state index < -0.39 is 12.7 Å². The first-order valence-electron chi connectivity index (χ1n) is 5.87. The van der Waals surface area contributed by atoms with Gasteiger partial charge in [0.2, 0.25) is 0 Å². The summed E-state index contributed by atoms with van der Waals surface area (Å²) in [7, 11) is 1.79. The van der Waals surface area contributed by atoms with Crippen LogP contribution in [0.4, 0.5) is 13.2 Å². The van der Waals surface area contributed by atoms with Crippen LogP contribution < -0.4 is 5.32 Å². The highest BCUT2D eigenvalue weighted by atomic mass is 19.4. The molecule has 0 atom stereocenters. The number of hydrogen-bond acceptors (Lipinski definition) is 3. The van der Waals surface area contributed by atoms with Gasteiger partial charge in [-0.25, -0.2) is 0 Å². The Bertz CT molecular complexity index is 374. The number of hydrogen-bond donors (Lipinski definition) is 1. The Morgan fingerprint density at radius 3 is 2.56 bits per heavy atom. The van der Waals surface area contributed by atoms with Crippen molar-refractivity contribution in [2.24, 2.45) is 0 Å². The first-order valence-corrected chi connectivity index (χ1v) is 5.87. The molecule has 104 valence electrons. The summed E-state index contributed by atoms with van der Waals surface area (Å²) in [6, 6.07) is 1.81. The second-order valence-electron chi connectivity index (χ2n) is 4.24. The third kappa shape index (κ3) is 4.70. The molecule has 6 heteroatoms. The lowest BCUT2D eigenvalue weighted by Crippen LogP contribution is -2.33. The molecular weight excluding hydrogens is 245 g/mol. The molecule has 0 aliphatic heterocycles. The van der Waals surface area contributed by atoms with E-state index in [1.54, 1.807) is 20.9 Å². The predicted octanol–water partition coefficient (Wildman–Crippen LogP) is 2.69. The zero-order valence-corrected chi connectivity index (χ0v) is 10.9. The van der Waals surface area contributed by atoms with Crippen LogP contribution in [0.25, 0.3) is 0 Å². The molecular formula is C12H19F3N2O. The largest absolute Gasteiger partial charge is 0.465 e. The summed E-state index contributed by atoms with van der Waals surface area (Å²) in [5.41, 5.74) is 0.811. The third-order valence-electron chi connectivity index (χ3n) is 2.67. The minimum absolute atomic E-state index is 0.259. The third-order valence-corrected chi connectivity index (χ3v) is 2.67. The van der Waals surface area contributed by atoms with E-state index in [9.17, 15) is 13.2 Å². The summed E-state index contributed by atoms with van der Waals surface area (Å²) < 4.78 is 42.5. The molecule has 1 N–H and O–H groups in total. The molecule has 0 amide bonds. The summed E-state index contributed by atoms with van der Waals surface area (Å²) in [5, 5.41) is 2.94. The van der Waals surface area contributed by atoms with Crippen LogP contribution in [-0.2, 0) is 13.1 Å². The van der Waals surface area contributed by atoms with Crippen molar-refractivity contribution < 1.29 is 17.6 Å². The molecule has 0 aromatic carbocycles. The number of furan rings is 1. The Morgan fingerprint density at radius 2 is 2.06 bits per heavy atom. The highest BCUT2D eigenvalue weighted by molar-refractivity contribution is 5.20. The van der Waals surface area contributed by atoms with E-state index in [1.165, 1.54) is 4.90 Å². The van der Waals surface area contributed by atoms with Gasteiger partial charge in [-0.05, 0) is 26.6 Å². The molecule has 1 heterocycles. The second kappa shape index (κ2) is 6.24. The summed E-state index contributed by atoms with van der Waals surface area (Å²) in [5.74, 6) is 1.42. The zero-order valence-electron chi connectivity index (χ0n) is 10.9. The summed E-state index contributed by atoms with van der Waals surface area (Å²) in [4.78, 5) is 1.35. The van der Waals surface area contributed by atoms with Gasteiger partial charge in [-0.3, -0.25) is 4.90 Å². The monoisotopic (exact) mass is 264 g/mol. The van der Waals surface area contributed by atoms with Crippen LogP contribution in [0.3, 0.4) is 0 Å². The summed E-state index contributed by atoms with van der Waals surface area (Å²) in [6.07, 6.45) is -4.17. The van der Waals surface area contributed by atoms with Crippen molar-refractivity contribution >= 4 is 0 Å². The highest BCUT2D eigenvalue weighted by Crippen LogP contribution is 2.21. The van der Waals surface area contributed by atoms with Crippen molar-refractivity contribution in [2.45, 2.75) is 33.1 Å². The second-order valence-corrected chi connectivity index (χ2v) is 4.24. The molecule has 1 aromatic rings. The van der Waals surface area contributed by atoms with E-state index in [0.29, 0.717) is 18.8 Å². The first kappa shape index (κ1) is 15.0. The van der Waals surface area contributed by atoms with Gasteiger partial charge in [-0.1, -0.05) is 6.92 Å². The number of nitrogens with one attached hydrogen (secondary N) is 1. The van der Waals surface area contributed by atoms with Crippen LogP contribution in [0.15, 0.2) is 10.5 Å². The normalized spacial score (nSPS) is 12.4. The van der Waals surface area contributed by atoms with Crippen LogP contribution in [0.2, 0.25) is 0 Å². The van der Waals surface area contributed by atoms with Gasteiger partial charge in [-0.2, -0.15) is 13.2 Å². The molecule has 0 radical (unpaired) electrons. The zero-order chi connectivity index (χ0) is 13.8. The van der Waals surface area contributed by atoms with E-state index >= 15 is 0 Å². The van der Waals surface area contributed by atoms with Gasteiger partial charge in [-0.15, -0.1) is 0 Å². The quantitative estimate of drug-likeness (QED) is 0.856. The average molecular weight is 264 g/mol. The minimum Gasteiger partial charge on any atom is -0.465 e. The number of halogens is 3. The highest BCUT2D eigenvalue weighted by Gasteiger charge is 2.30. The molecule has 0 bridgehead atoms. The Hall–Kier alpha value is -1.01. The SMILES string of the molecule is CCN(Cc1cc(CNC)oc1C)CC(F)(F)F. The van der Waals surface area contributed by atoms with Crippen LogP contribution in [0, 0.1) is 6.92 Å². The number of rotatable bonds is 6. The van der Waals surface area contributed by atoms with Crippen LogP contribution >= 0.6 is 0 Å². The van der Waals surface area contributed by atoms with Gasteiger partial charge in [0.05, 0.1) is 13.1 Å². The topological polar surface area (TPSA) is 28.4 Å². The Balaban J connectivity index is 2.69. The number of alkyl halides is 3. The number of nitrogens with zero attached hydrogens (tertiary/aromatic N) is 1. The van der Waals surface area contributed by atoms with Crippen molar-refractivity contribution in [3.8, 4) is 0 Å². The van der Waals surface area contributed by atoms with Gasteiger partial charge >= 0.3 is 6.18 Å². The van der Waals surface area contributed by atoms with Gasteiger partial charge in [0.1, 0.15) is 11.5 Å². The standard InChI is InChI=1S/C12H19F3N2O/c1-4-17(8-12(13,14)15)7-10-5-11(6-16-3)18-9(10)2/h5,16H,4,6-8H2,1-3H3. The lowest BCUT2D eigenvalue weighted by Gasteiger charge is -2.21. The summed E-state index contributed by atoms with van der Waals surface area (Å²) in [6.45, 7) is 3.79. The predicted molar refractivity (Wildman–Crippen MR) is 63.2 cm³/mol.